The summed E-state index contributed by atoms with van der Waals surface area (Å²) in [7, 11) is 0. The lowest BCUT2D eigenvalue weighted by molar-refractivity contribution is 0.101. The van der Waals surface area contributed by atoms with Crippen molar-refractivity contribution in [2.75, 3.05) is 10.6 Å². The summed E-state index contributed by atoms with van der Waals surface area (Å²) < 4.78 is 19.8. The second-order valence-electron chi connectivity index (χ2n) is 6.45. The van der Waals surface area contributed by atoms with Gasteiger partial charge in [-0.2, -0.15) is 5.10 Å². The Morgan fingerprint density at radius 1 is 1.21 bits per heavy atom. The van der Waals surface area contributed by atoms with Crippen molar-refractivity contribution in [3.8, 4) is 0 Å². The molecule has 2 amide bonds. The standard InChI is InChI=1S/C19H18BrFN4O3/c1-9(2)16-15(20)17(25-24-16)19(27)22-11-4-5-13(21)14(8-11)23-18(26)12-6-7-28-10(12)3/h4-9H,1-3H3,(H,22,27)(H,23,26)(H,24,25). The topological polar surface area (TPSA) is 100 Å². The number of hydrogen-bond donors (Lipinski definition) is 3. The van der Waals surface area contributed by atoms with E-state index in [0.717, 1.165) is 11.8 Å². The zero-order valence-electron chi connectivity index (χ0n) is 15.4. The number of amides is 2. The minimum absolute atomic E-state index is 0.0626. The maximum absolute atomic E-state index is 14.1. The minimum atomic E-state index is -0.629. The zero-order valence-corrected chi connectivity index (χ0v) is 17.0. The first-order chi connectivity index (χ1) is 13.3. The van der Waals surface area contributed by atoms with Crippen LogP contribution in [0, 0.1) is 12.7 Å². The number of anilines is 2. The summed E-state index contributed by atoms with van der Waals surface area (Å²) in [6.07, 6.45) is 1.38. The van der Waals surface area contributed by atoms with Gasteiger partial charge in [-0.1, -0.05) is 13.8 Å². The van der Waals surface area contributed by atoms with Crippen molar-refractivity contribution >= 4 is 39.1 Å². The van der Waals surface area contributed by atoms with Crippen molar-refractivity contribution in [3.63, 3.8) is 0 Å². The van der Waals surface area contributed by atoms with E-state index in [0.29, 0.717) is 21.5 Å². The Balaban J connectivity index is 1.79. The third-order valence-electron chi connectivity index (χ3n) is 4.10. The predicted octanol–water partition coefficient (Wildman–Crippen LogP) is 4.84. The fraction of sp³-hybridized carbons (Fsp3) is 0.211. The third kappa shape index (κ3) is 3.99. The number of aromatic nitrogens is 2. The summed E-state index contributed by atoms with van der Waals surface area (Å²) in [4.78, 5) is 24.8. The van der Waals surface area contributed by atoms with Crippen LogP contribution < -0.4 is 10.6 Å². The van der Waals surface area contributed by atoms with Crippen molar-refractivity contribution in [2.24, 2.45) is 0 Å². The minimum Gasteiger partial charge on any atom is -0.469 e. The average molecular weight is 449 g/mol. The molecule has 0 spiro atoms. The summed E-state index contributed by atoms with van der Waals surface area (Å²) in [5, 5.41) is 12.0. The normalized spacial score (nSPS) is 10.9. The van der Waals surface area contributed by atoms with Gasteiger partial charge < -0.3 is 15.1 Å². The molecule has 146 valence electrons. The van der Waals surface area contributed by atoms with Crippen LogP contribution >= 0.6 is 15.9 Å². The molecule has 9 heteroatoms. The highest BCUT2D eigenvalue weighted by atomic mass is 79.9. The molecule has 3 N–H and O–H groups in total. The maximum atomic E-state index is 14.1. The Hall–Kier alpha value is -2.94. The maximum Gasteiger partial charge on any atom is 0.277 e. The van der Waals surface area contributed by atoms with Crippen LogP contribution in [0.3, 0.4) is 0 Å². The fourth-order valence-electron chi connectivity index (χ4n) is 2.57. The number of carbonyl (C=O) groups is 2. The van der Waals surface area contributed by atoms with E-state index in [9.17, 15) is 14.0 Å². The summed E-state index contributed by atoms with van der Waals surface area (Å²) >= 11 is 3.37. The Morgan fingerprint density at radius 2 is 1.96 bits per heavy atom. The monoisotopic (exact) mass is 448 g/mol. The van der Waals surface area contributed by atoms with E-state index in [1.807, 2.05) is 13.8 Å². The van der Waals surface area contributed by atoms with Crippen LogP contribution in [0.25, 0.3) is 0 Å². The van der Waals surface area contributed by atoms with Crippen LogP contribution in [0.4, 0.5) is 15.8 Å². The molecule has 0 unspecified atom stereocenters. The lowest BCUT2D eigenvalue weighted by atomic mass is 10.1. The van der Waals surface area contributed by atoms with Gasteiger partial charge in [-0.25, -0.2) is 4.39 Å². The quantitative estimate of drug-likeness (QED) is 0.519. The highest BCUT2D eigenvalue weighted by molar-refractivity contribution is 9.10. The van der Waals surface area contributed by atoms with E-state index in [-0.39, 0.29) is 17.3 Å². The average Bonchev–Trinajstić information content (AvgIpc) is 3.23. The Kier molecular flexibility index (Phi) is 5.64. The molecule has 28 heavy (non-hydrogen) atoms. The summed E-state index contributed by atoms with van der Waals surface area (Å²) in [6.45, 7) is 5.57. The number of nitrogens with zero attached hydrogens (tertiary/aromatic N) is 1. The van der Waals surface area contributed by atoms with Crippen LogP contribution in [0.5, 0.6) is 0 Å². The second kappa shape index (κ2) is 7.97. The van der Waals surface area contributed by atoms with E-state index in [1.165, 1.54) is 24.5 Å². The smallest absolute Gasteiger partial charge is 0.277 e. The Morgan fingerprint density at radius 3 is 2.57 bits per heavy atom. The van der Waals surface area contributed by atoms with Gasteiger partial charge in [-0.05, 0) is 53.0 Å². The van der Waals surface area contributed by atoms with Crippen LogP contribution in [0.1, 0.15) is 52.1 Å². The van der Waals surface area contributed by atoms with Gasteiger partial charge in [-0.3, -0.25) is 14.7 Å². The summed E-state index contributed by atoms with van der Waals surface area (Å²) in [5.41, 5.74) is 1.54. The molecule has 0 saturated heterocycles. The molecule has 0 bridgehead atoms. The molecule has 0 aliphatic rings. The van der Waals surface area contributed by atoms with Crippen molar-refractivity contribution in [2.45, 2.75) is 26.7 Å². The molecule has 0 saturated carbocycles. The van der Waals surface area contributed by atoms with Gasteiger partial charge in [0.1, 0.15) is 11.6 Å². The van der Waals surface area contributed by atoms with Crippen molar-refractivity contribution in [3.05, 3.63) is 63.5 Å². The number of benzene rings is 1. The van der Waals surface area contributed by atoms with E-state index in [4.69, 9.17) is 4.42 Å². The van der Waals surface area contributed by atoms with Crippen LogP contribution in [-0.4, -0.2) is 22.0 Å². The van der Waals surface area contributed by atoms with Gasteiger partial charge in [0.2, 0.25) is 0 Å². The zero-order chi connectivity index (χ0) is 20.4. The van der Waals surface area contributed by atoms with E-state index >= 15 is 0 Å². The van der Waals surface area contributed by atoms with Crippen molar-refractivity contribution in [1.29, 1.82) is 0 Å². The number of H-pyrrole nitrogens is 1. The highest BCUT2D eigenvalue weighted by Gasteiger charge is 2.20. The van der Waals surface area contributed by atoms with E-state index in [1.54, 1.807) is 6.92 Å². The number of rotatable bonds is 5. The van der Waals surface area contributed by atoms with Crippen LogP contribution in [0.15, 0.2) is 39.4 Å². The molecule has 2 heterocycles. The predicted molar refractivity (Wildman–Crippen MR) is 106 cm³/mol. The fourth-order valence-corrected chi connectivity index (χ4v) is 3.39. The number of hydrogen-bond acceptors (Lipinski definition) is 4. The largest absolute Gasteiger partial charge is 0.469 e. The van der Waals surface area contributed by atoms with E-state index < -0.39 is 17.6 Å². The number of aromatic amines is 1. The molecular formula is C19H18BrFN4O3. The lowest BCUT2D eigenvalue weighted by Crippen LogP contribution is -2.15. The van der Waals surface area contributed by atoms with Crippen molar-refractivity contribution in [1.82, 2.24) is 10.2 Å². The summed E-state index contributed by atoms with van der Waals surface area (Å²) in [6, 6.07) is 5.39. The second-order valence-corrected chi connectivity index (χ2v) is 7.24. The van der Waals surface area contributed by atoms with Gasteiger partial charge >= 0.3 is 0 Å². The number of aryl methyl sites for hydroxylation is 1. The molecular weight excluding hydrogens is 431 g/mol. The highest BCUT2D eigenvalue weighted by Crippen LogP contribution is 2.27. The molecule has 0 atom stereocenters. The van der Waals surface area contributed by atoms with Crippen LogP contribution in [0.2, 0.25) is 0 Å². The van der Waals surface area contributed by atoms with Crippen molar-refractivity contribution < 1.29 is 18.4 Å². The molecule has 3 aromatic rings. The SMILES string of the molecule is Cc1occc1C(=O)Nc1cc(NC(=O)c2n[nH]c(C(C)C)c2Br)ccc1F. The summed E-state index contributed by atoms with van der Waals surface area (Å²) in [5.74, 6) is -1.03. The first-order valence-electron chi connectivity index (χ1n) is 8.48. The molecule has 0 aliphatic heterocycles. The molecule has 0 aliphatic carbocycles. The first kappa shape index (κ1) is 19.8. The van der Waals surface area contributed by atoms with E-state index in [2.05, 4.69) is 36.8 Å². The molecule has 7 nitrogen and oxygen atoms in total. The van der Waals surface area contributed by atoms with Gasteiger partial charge in [0.15, 0.2) is 5.69 Å². The molecule has 2 aromatic heterocycles. The van der Waals surface area contributed by atoms with Gasteiger partial charge in [0, 0.05) is 5.69 Å². The number of halogens is 2. The number of nitrogens with one attached hydrogen (secondary N) is 3. The molecule has 0 radical (unpaired) electrons. The molecule has 0 fully saturated rings. The van der Waals surface area contributed by atoms with Gasteiger partial charge in [-0.15, -0.1) is 0 Å². The van der Waals surface area contributed by atoms with Crippen LogP contribution in [-0.2, 0) is 0 Å². The third-order valence-corrected chi connectivity index (χ3v) is 4.90. The Labute approximate surface area is 168 Å². The van der Waals surface area contributed by atoms with Gasteiger partial charge in [0.25, 0.3) is 11.8 Å². The number of carbonyl (C=O) groups excluding carboxylic acids is 2. The first-order valence-corrected chi connectivity index (χ1v) is 9.27. The lowest BCUT2D eigenvalue weighted by Gasteiger charge is -2.09. The van der Waals surface area contributed by atoms with Gasteiger partial charge in [0.05, 0.1) is 27.7 Å². The molecule has 3 rings (SSSR count). The Bertz CT molecular complexity index is 1040. The number of furan rings is 1. The molecule has 1 aromatic carbocycles.